The molecular formula is C21H19N3O2S. The van der Waals surface area contributed by atoms with Gasteiger partial charge in [-0.2, -0.15) is 0 Å². The van der Waals surface area contributed by atoms with Crippen molar-refractivity contribution in [2.45, 2.75) is 13.3 Å². The van der Waals surface area contributed by atoms with E-state index in [1.54, 1.807) is 24.5 Å². The van der Waals surface area contributed by atoms with Crippen molar-refractivity contribution in [3.05, 3.63) is 69.7 Å². The molecule has 0 atom stereocenters. The molecule has 6 heteroatoms. The van der Waals surface area contributed by atoms with Gasteiger partial charge in [-0.15, -0.1) is 11.3 Å². The van der Waals surface area contributed by atoms with Crippen molar-refractivity contribution in [3.8, 4) is 17.0 Å². The Bertz CT molecular complexity index is 1140. The predicted octanol–water partition coefficient (Wildman–Crippen LogP) is 4.30. The number of nitrogens with one attached hydrogen (secondary N) is 1. The highest BCUT2D eigenvalue weighted by atomic mass is 32.1. The van der Waals surface area contributed by atoms with Gasteiger partial charge in [0.15, 0.2) is 0 Å². The van der Waals surface area contributed by atoms with Crippen LogP contribution in [0.1, 0.15) is 26.6 Å². The molecule has 0 saturated carbocycles. The van der Waals surface area contributed by atoms with Crippen LogP contribution in [0.3, 0.4) is 0 Å². The van der Waals surface area contributed by atoms with Gasteiger partial charge in [0.1, 0.15) is 11.4 Å². The van der Waals surface area contributed by atoms with E-state index in [9.17, 15) is 4.79 Å². The van der Waals surface area contributed by atoms with E-state index in [4.69, 9.17) is 10.5 Å². The molecule has 5 nitrogen and oxygen atoms in total. The van der Waals surface area contributed by atoms with Gasteiger partial charge in [0.05, 0.1) is 12.8 Å². The molecule has 1 aromatic carbocycles. The minimum Gasteiger partial charge on any atom is -0.497 e. The van der Waals surface area contributed by atoms with Crippen LogP contribution in [0.5, 0.6) is 5.75 Å². The zero-order valence-electron chi connectivity index (χ0n) is 15.1. The molecular weight excluding hydrogens is 358 g/mol. The Kier molecular flexibility index (Phi) is 4.41. The monoisotopic (exact) mass is 377 g/mol. The molecule has 0 bridgehead atoms. The minimum atomic E-state index is -0.519. The van der Waals surface area contributed by atoms with Crippen molar-refractivity contribution >= 4 is 28.1 Å². The lowest BCUT2D eigenvalue weighted by molar-refractivity contribution is 0.0995. The van der Waals surface area contributed by atoms with Crippen LogP contribution in [0.4, 0.5) is 0 Å². The summed E-state index contributed by atoms with van der Waals surface area (Å²) in [5, 5.41) is 3.26. The molecule has 3 aromatic heterocycles. The number of nitrogens with two attached hydrogens (primary N) is 1. The molecule has 4 aromatic rings. The Morgan fingerprint density at radius 1 is 1.26 bits per heavy atom. The molecule has 0 spiro atoms. The number of benzene rings is 1. The van der Waals surface area contributed by atoms with Crippen LogP contribution in [0.25, 0.3) is 22.2 Å². The first kappa shape index (κ1) is 17.3. The van der Waals surface area contributed by atoms with Gasteiger partial charge in [-0.25, -0.2) is 4.98 Å². The Morgan fingerprint density at radius 3 is 2.81 bits per heavy atom. The number of carbonyl (C=O) groups excluding carboxylic acids is 1. The molecule has 3 heterocycles. The van der Waals surface area contributed by atoms with Crippen LogP contribution in [0, 0.1) is 6.92 Å². The molecule has 0 unspecified atom stereocenters. The molecule has 0 aliphatic rings. The van der Waals surface area contributed by atoms with Gasteiger partial charge in [0.25, 0.3) is 5.91 Å². The van der Waals surface area contributed by atoms with Gasteiger partial charge < -0.3 is 15.5 Å². The third-order valence-electron chi connectivity index (χ3n) is 4.55. The number of pyridine rings is 1. The van der Waals surface area contributed by atoms with Gasteiger partial charge in [0, 0.05) is 44.9 Å². The lowest BCUT2D eigenvalue weighted by Crippen LogP contribution is -2.13. The van der Waals surface area contributed by atoms with E-state index in [2.05, 4.69) is 34.4 Å². The number of aromatic amines is 1. The summed E-state index contributed by atoms with van der Waals surface area (Å²) in [5.74, 6) is 0.284. The molecule has 3 N–H and O–H groups in total. The van der Waals surface area contributed by atoms with E-state index < -0.39 is 5.91 Å². The summed E-state index contributed by atoms with van der Waals surface area (Å²) in [6, 6.07) is 13.5. The van der Waals surface area contributed by atoms with E-state index in [-0.39, 0.29) is 5.69 Å². The number of methoxy groups -OCH3 is 1. The predicted molar refractivity (Wildman–Crippen MR) is 108 cm³/mol. The first-order valence-electron chi connectivity index (χ1n) is 8.55. The molecule has 27 heavy (non-hydrogen) atoms. The van der Waals surface area contributed by atoms with Crippen molar-refractivity contribution in [2.75, 3.05) is 7.11 Å². The van der Waals surface area contributed by atoms with Crippen molar-refractivity contribution in [2.24, 2.45) is 5.73 Å². The maximum absolute atomic E-state index is 11.5. The molecule has 4 rings (SSSR count). The smallest absolute Gasteiger partial charge is 0.267 e. The fraction of sp³-hybridized carbons (Fsp3) is 0.143. The van der Waals surface area contributed by atoms with E-state index in [1.807, 2.05) is 24.3 Å². The quantitative estimate of drug-likeness (QED) is 0.544. The highest BCUT2D eigenvalue weighted by Gasteiger charge is 2.16. The number of hydrogen-bond donors (Lipinski definition) is 2. The van der Waals surface area contributed by atoms with Gasteiger partial charge in [-0.3, -0.25) is 4.79 Å². The van der Waals surface area contributed by atoms with Crippen LogP contribution in [-0.4, -0.2) is 23.0 Å². The topological polar surface area (TPSA) is 81.0 Å². The van der Waals surface area contributed by atoms with Crippen molar-refractivity contribution in [3.63, 3.8) is 0 Å². The molecule has 1 amide bonds. The Balaban J connectivity index is 1.86. The lowest BCUT2D eigenvalue weighted by atomic mass is 10.0. The van der Waals surface area contributed by atoms with E-state index in [0.29, 0.717) is 6.42 Å². The van der Waals surface area contributed by atoms with Crippen LogP contribution < -0.4 is 10.5 Å². The molecule has 0 aliphatic carbocycles. The molecule has 136 valence electrons. The second-order valence-electron chi connectivity index (χ2n) is 6.39. The average Bonchev–Trinajstić information content (AvgIpc) is 3.25. The molecule has 0 aliphatic heterocycles. The number of nitrogens with zero attached hydrogens (tertiary/aromatic N) is 1. The largest absolute Gasteiger partial charge is 0.497 e. The maximum Gasteiger partial charge on any atom is 0.267 e. The van der Waals surface area contributed by atoms with Crippen molar-refractivity contribution < 1.29 is 9.53 Å². The lowest BCUT2D eigenvalue weighted by Gasteiger charge is -2.05. The summed E-state index contributed by atoms with van der Waals surface area (Å²) >= 11 is 1.72. The SMILES string of the molecule is COc1ccc2c(Cc3cccc(C(N)=O)n3)c(-c3csc(C)c3)[nH]c2c1. The van der Waals surface area contributed by atoms with Crippen molar-refractivity contribution in [1.82, 2.24) is 9.97 Å². The zero-order valence-corrected chi connectivity index (χ0v) is 15.9. The highest BCUT2D eigenvalue weighted by molar-refractivity contribution is 7.10. The van der Waals surface area contributed by atoms with Gasteiger partial charge in [-0.1, -0.05) is 6.07 Å². The maximum atomic E-state index is 11.5. The summed E-state index contributed by atoms with van der Waals surface area (Å²) in [5.41, 5.74) is 10.8. The van der Waals surface area contributed by atoms with Crippen LogP contribution in [0.15, 0.2) is 47.8 Å². The number of thiophene rings is 1. The second kappa shape index (κ2) is 6.89. The number of hydrogen-bond acceptors (Lipinski definition) is 4. The van der Waals surface area contributed by atoms with Crippen LogP contribution in [-0.2, 0) is 6.42 Å². The number of aryl methyl sites for hydroxylation is 1. The number of primary amides is 1. The third-order valence-corrected chi connectivity index (χ3v) is 5.41. The summed E-state index contributed by atoms with van der Waals surface area (Å²) in [7, 11) is 1.66. The summed E-state index contributed by atoms with van der Waals surface area (Å²) in [6.45, 7) is 2.09. The third kappa shape index (κ3) is 3.31. The first-order chi connectivity index (χ1) is 13.0. The summed E-state index contributed by atoms with van der Waals surface area (Å²) in [6.07, 6.45) is 0.595. The molecule has 0 saturated heterocycles. The average molecular weight is 377 g/mol. The number of carbonyl (C=O) groups is 1. The van der Waals surface area contributed by atoms with Crippen LogP contribution >= 0.6 is 11.3 Å². The number of fused-ring (bicyclic) bond motifs is 1. The first-order valence-corrected chi connectivity index (χ1v) is 9.43. The summed E-state index contributed by atoms with van der Waals surface area (Å²) < 4.78 is 5.36. The van der Waals surface area contributed by atoms with E-state index in [0.717, 1.165) is 39.2 Å². The number of amides is 1. The Labute approximate surface area is 160 Å². The number of rotatable bonds is 5. The highest BCUT2D eigenvalue weighted by Crippen LogP contribution is 2.35. The Morgan fingerprint density at radius 2 is 2.11 bits per heavy atom. The molecule has 0 radical (unpaired) electrons. The van der Waals surface area contributed by atoms with Gasteiger partial charge in [0.2, 0.25) is 0 Å². The number of ether oxygens (including phenoxy) is 1. The van der Waals surface area contributed by atoms with E-state index in [1.165, 1.54) is 4.88 Å². The minimum absolute atomic E-state index is 0.280. The van der Waals surface area contributed by atoms with Crippen LogP contribution in [0.2, 0.25) is 0 Å². The summed E-state index contributed by atoms with van der Waals surface area (Å²) in [4.78, 5) is 20.7. The Hall–Kier alpha value is -3.12. The normalized spacial score (nSPS) is 11.0. The zero-order chi connectivity index (χ0) is 19.0. The standard InChI is InChI=1S/C21H19N3O2S/c1-12-8-13(11-27-12)20-17(9-14-4-3-5-18(23-14)21(22)25)16-7-6-15(26-2)10-19(16)24-20/h3-8,10-11,24H,9H2,1-2H3,(H2,22,25). The fourth-order valence-electron chi connectivity index (χ4n) is 3.26. The second-order valence-corrected chi connectivity index (χ2v) is 7.51. The van der Waals surface area contributed by atoms with E-state index >= 15 is 0 Å². The van der Waals surface area contributed by atoms with Gasteiger partial charge in [-0.05, 0) is 42.8 Å². The van der Waals surface area contributed by atoms with Crippen molar-refractivity contribution in [1.29, 1.82) is 0 Å². The molecule has 0 fully saturated rings. The number of aromatic nitrogens is 2. The van der Waals surface area contributed by atoms with Gasteiger partial charge >= 0.3 is 0 Å². The fourth-order valence-corrected chi connectivity index (χ4v) is 3.96. The number of H-pyrrole nitrogens is 1.